The van der Waals surface area contributed by atoms with Crippen LogP contribution in [0.5, 0.6) is 11.5 Å². The number of nitrogens with one attached hydrogen (secondary N) is 1. The number of nitrogens with zero attached hydrogens (tertiary/aromatic N) is 1. The Labute approximate surface area is 346 Å². The lowest BCUT2D eigenvalue weighted by Crippen LogP contribution is -2.35. The Morgan fingerprint density at radius 2 is 1.57 bits per heavy atom. The number of carbonyl (C=O) groups is 6. The Kier molecular flexibility index (Phi) is 18.0. The zero-order valence-electron chi connectivity index (χ0n) is 30.7. The van der Waals surface area contributed by atoms with Crippen LogP contribution in [0.4, 0.5) is 18.9 Å². The number of Topliss-reactive ketones (excluding diaryl/α,β-unsaturated/α-hetero) is 3. The number of nitro benzene ring substituents is 1. The quantitative estimate of drug-likeness (QED) is 0.0360. The molecule has 1 saturated carbocycles. The van der Waals surface area contributed by atoms with Crippen molar-refractivity contribution < 1.29 is 89.3 Å². The molecule has 0 radical (unpaired) electrons. The number of carboxylic acid groups (broad SMARTS) is 2. The van der Waals surface area contributed by atoms with E-state index in [0.717, 1.165) is 49.6 Å². The van der Waals surface area contributed by atoms with Gasteiger partial charge in [0.25, 0.3) is 5.69 Å². The van der Waals surface area contributed by atoms with Crippen molar-refractivity contribution in [3.63, 3.8) is 0 Å². The van der Waals surface area contributed by atoms with Gasteiger partial charge in [0.05, 0.1) is 49.4 Å². The summed E-state index contributed by atoms with van der Waals surface area (Å²) in [7, 11) is -7.79. The second-order valence-electron chi connectivity index (χ2n) is 12.2. The molecule has 0 aliphatic heterocycles. The van der Waals surface area contributed by atoms with Gasteiger partial charge in [0.2, 0.25) is 0 Å². The maximum absolute atomic E-state index is 12.7. The first-order valence-electron chi connectivity index (χ1n) is 16.4. The normalized spacial score (nSPS) is 13.8. The topological polar surface area (TPSA) is 308 Å². The van der Waals surface area contributed by atoms with Gasteiger partial charge in [0.1, 0.15) is 17.4 Å². The molecule has 1 aliphatic rings. The third-order valence-electron chi connectivity index (χ3n) is 7.48. The van der Waals surface area contributed by atoms with E-state index in [1.807, 2.05) is 0 Å². The Morgan fingerprint density at radius 3 is 2.05 bits per heavy atom. The van der Waals surface area contributed by atoms with E-state index in [1.165, 1.54) is 12.1 Å². The van der Waals surface area contributed by atoms with Crippen LogP contribution < -0.4 is 10.1 Å². The van der Waals surface area contributed by atoms with Crippen molar-refractivity contribution >= 4 is 81.6 Å². The van der Waals surface area contributed by atoms with Crippen LogP contribution in [0, 0.1) is 16.0 Å². The molecular formula is C34H32Cl2F3N2O17PS. The summed E-state index contributed by atoms with van der Waals surface area (Å²) in [5, 5.41) is 29.7. The van der Waals surface area contributed by atoms with E-state index < -0.39 is 105 Å². The number of alkyl halides is 3. The van der Waals surface area contributed by atoms with Gasteiger partial charge in [-0.3, -0.25) is 39.2 Å². The van der Waals surface area contributed by atoms with E-state index in [9.17, 15) is 65.0 Å². The molecule has 0 unspecified atom stereocenters. The summed E-state index contributed by atoms with van der Waals surface area (Å²) >= 11 is 11.7. The third kappa shape index (κ3) is 15.7. The van der Waals surface area contributed by atoms with Gasteiger partial charge in [-0.05, 0) is 61.9 Å². The second kappa shape index (κ2) is 21.3. The van der Waals surface area contributed by atoms with Crippen molar-refractivity contribution in [3.8, 4) is 11.5 Å². The number of ether oxygens (including phenoxy) is 2. The van der Waals surface area contributed by atoms with Crippen LogP contribution in [0.3, 0.4) is 0 Å². The van der Waals surface area contributed by atoms with Gasteiger partial charge in [-0.1, -0.05) is 23.2 Å². The van der Waals surface area contributed by atoms with Crippen LogP contribution in [0.25, 0.3) is 0 Å². The minimum Gasteiger partial charge on any atom is -0.480 e. The number of rotatable bonds is 13. The number of carbonyl (C=O) groups excluding carboxylic acids is 4. The molecule has 0 saturated heterocycles. The van der Waals surface area contributed by atoms with Gasteiger partial charge < -0.3 is 29.5 Å². The van der Waals surface area contributed by atoms with Crippen molar-refractivity contribution in [1.82, 2.24) is 5.32 Å². The molecule has 0 spiro atoms. The van der Waals surface area contributed by atoms with Gasteiger partial charge in [-0.2, -0.15) is 13.2 Å². The Hall–Kier alpha value is -5.29. The SMILES string of the molecule is CS(=O)(=O)c1ccc(C(=O)C2C(=O)CCCC2=O)c([N+](=O)[O-])c1.C[C@H](OC(=O)c1cc(Oc2ccc(C(F)(F)F)cc2Cl)ccc1Cl)C(=O)O.O=C(O)CNCP(=O)(O)O. The fourth-order valence-corrected chi connectivity index (χ4v) is 6.11. The van der Waals surface area contributed by atoms with Crippen molar-refractivity contribution in [2.75, 3.05) is 19.1 Å². The van der Waals surface area contributed by atoms with E-state index in [-0.39, 0.29) is 44.8 Å². The van der Waals surface area contributed by atoms with E-state index in [0.29, 0.717) is 12.5 Å². The predicted octanol–water partition coefficient (Wildman–Crippen LogP) is 5.35. The zero-order chi connectivity index (χ0) is 45.9. The maximum Gasteiger partial charge on any atom is 0.416 e. The molecular weight excluding hydrogens is 899 g/mol. The summed E-state index contributed by atoms with van der Waals surface area (Å²) in [6, 6.07) is 9.12. The number of nitro groups is 1. The highest BCUT2D eigenvalue weighted by atomic mass is 35.5. The second-order valence-corrected chi connectivity index (χ2v) is 16.7. The number of carboxylic acids is 2. The standard InChI is InChI=1S/C17H11Cl2F3O5.C14H13NO7S.C3H8NO5P/c1-8(15(23)24)26-16(25)11-7-10(3-4-12(11)18)27-14-5-2-9(6-13(14)19)17(20,21)22;1-23(21,22)8-5-6-9(10(7-8)15(19)20)14(18)13-11(16)3-2-4-12(13)17;5-3(6)1-4-2-10(7,8)9/h2-8H,1H3,(H,23,24);5-7,13H,2-4H2,1H3;4H,1-2H2,(H,5,6)(H2,7,8,9)/t8-;;/m0../s1. The number of esters is 1. The minimum atomic E-state index is -4.56. The summed E-state index contributed by atoms with van der Waals surface area (Å²) in [5.41, 5.74) is -2.28. The lowest BCUT2D eigenvalue weighted by molar-refractivity contribution is -0.385. The van der Waals surface area contributed by atoms with Crippen LogP contribution in [0.2, 0.25) is 10.0 Å². The van der Waals surface area contributed by atoms with E-state index in [2.05, 4.69) is 5.32 Å². The molecule has 3 aromatic rings. The highest BCUT2D eigenvalue weighted by Gasteiger charge is 2.39. The van der Waals surface area contributed by atoms with Crippen LogP contribution in [0.1, 0.15) is 52.5 Å². The molecule has 1 atom stereocenters. The van der Waals surface area contributed by atoms with Crippen molar-refractivity contribution in [2.45, 2.75) is 43.4 Å². The number of halogens is 5. The molecule has 1 fully saturated rings. The van der Waals surface area contributed by atoms with Gasteiger partial charge >= 0.3 is 31.7 Å². The Balaban J connectivity index is 0.000000341. The van der Waals surface area contributed by atoms with Gasteiger partial charge in [-0.25, -0.2) is 18.0 Å². The molecule has 4 rings (SSSR count). The minimum absolute atomic E-state index is 0.0246. The van der Waals surface area contributed by atoms with Crippen LogP contribution >= 0.6 is 30.8 Å². The zero-order valence-corrected chi connectivity index (χ0v) is 33.9. The smallest absolute Gasteiger partial charge is 0.416 e. The first kappa shape index (κ1) is 50.9. The molecule has 0 amide bonds. The van der Waals surface area contributed by atoms with Crippen molar-refractivity contribution in [3.05, 3.63) is 91.4 Å². The van der Waals surface area contributed by atoms with E-state index >= 15 is 0 Å². The number of ketones is 3. The lowest BCUT2D eigenvalue weighted by atomic mass is 9.81. The monoisotopic (exact) mass is 930 g/mol. The number of aliphatic carboxylic acids is 2. The van der Waals surface area contributed by atoms with Crippen molar-refractivity contribution in [2.24, 2.45) is 5.92 Å². The molecule has 60 heavy (non-hydrogen) atoms. The third-order valence-corrected chi connectivity index (χ3v) is 9.85. The summed E-state index contributed by atoms with van der Waals surface area (Å²) in [5.74, 6) is -7.14. The number of benzene rings is 3. The van der Waals surface area contributed by atoms with E-state index in [4.69, 9.17) is 52.7 Å². The first-order chi connectivity index (χ1) is 27.5. The summed E-state index contributed by atoms with van der Waals surface area (Å²) in [6.45, 7) is 0.724. The molecule has 3 aromatic carbocycles. The molecule has 326 valence electrons. The first-order valence-corrected chi connectivity index (χ1v) is 20.8. The van der Waals surface area contributed by atoms with Crippen LogP contribution in [-0.4, -0.2) is 93.8 Å². The Bertz CT molecular complexity index is 2320. The lowest BCUT2D eigenvalue weighted by Gasteiger charge is -2.18. The average Bonchev–Trinajstić information content (AvgIpc) is 3.11. The number of hydrogen-bond acceptors (Lipinski definition) is 14. The van der Waals surface area contributed by atoms with Crippen LogP contribution in [0.15, 0.2) is 59.5 Å². The summed E-state index contributed by atoms with van der Waals surface area (Å²) in [6.07, 6.45) is -5.19. The summed E-state index contributed by atoms with van der Waals surface area (Å²) in [4.78, 5) is 94.9. The average molecular weight is 932 g/mol. The molecule has 19 nitrogen and oxygen atoms in total. The van der Waals surface area contributed by atoms with Crippen molar-refractivity contribution in [1.29, 1.82) is 0 Å². The predicted molar refractivity (Wildman–Crippen MR) is 201 cm³/mol. The van der Waals surface area contributed by atoms with Gasteiger partial charge in [0.15, 0.2) is 33.3 Å². The van der Waals surface area contributed by atoms with Gasteiger partial charge in [-0.15, -0.1) is 0 Å². The van der Waals surface area contributed by atoms with Crippen LogP contribution in [-0.2, 0) is 44.5 Å². The highest BCUT2D eigenvalue weighted by molar-refractivity contribution is 7.90. The molecule has 0 bridgehead atoms. The van der Waals surface area contributed by atoms with E-state index in [1.54, 1.807) is 0 Å². The molecule has 5 N–H and O–H groups in total. The fourth-order valence-electron chi connectivity index (χ4n) is 4.65. The number of sulfone groups is 1. The Morgan fingerprint density at radius 1 is 0.967 bits per heavy atom. The maximum atomic E-state index is 12.7. The molecule has 0 heterocycles. The number of hydrogen-bond donors (Lipinski definition) is 5. The summed E-state index contributed by atoms with van der Waals surface area (Å²) < 4.78 is 81.1. The van der Waals surface area contributed by atoms with Gasteiger partial charge in [0, 0.05) is 25.2 Å². The fraction of sp³-hybridized carbons (Fsp3) is 0.294. The molecule has 1 aliphatic carbocycles. The molecule has 0 aromatic heterocycles. The molecule has 26 heteroatoms. The highest BCUT2D eigenvalue weighted by Crippen LogP contribution is 2.37. The largest absolute Gasteiger partial charge is 0.480 e.